The fraction of sp³-hybridized carbons (Fsp3) is 0.125. The van der Waals surface area contributed by atoms with Crippen molar-refractivity contribution in [3.8, 4) is 28.7 Å². The van der Waals surface area contributed by atoms with E-state index < -0.39 is 0 Å². The van der Waals surface area contributed by atoms with E-state index in [0.717, 1.165) is 6.07 Å². The van der Waals surface area contributed by atoms with Gasteiger partial charge in [-0.3, -0.25) is 4.79 Å². The Labute approximate surface area is 125 Å². The number of carbonyl (C=O) groups excluding carboxylic acids is 2. The van der Waals surface area contributed by atoms with Gasteiger partial charge in [-0.25, -0.2) is 4.42 Å². The largest absolute Gasteiger partial charge is 0.507 e. The SMILES string of the molecule is COc1cc(C2=[O+]c3cc(O)cc(O)c3CC2=O)ccc1O. The topological polar surface area (TPSA) is 98.3 Å². The number of benzene rings is 2. The Balaban J connectivity index is 2.14. The predicted molar refractivity (Wildman–Crippen MR) is 76.9 cm³/mol. The Kier molecular flexibility index (Phi) is 3.21. The summed E-state index contributed by atoms with van der Waals surface area (Å²) in [7, 11) is 1.40. The molecule has 0 spiro atoms. The monoisotopic (exact) mass is 301 g/mol. The molecule has 22 heavy (non-hydrogen) atoms. The molecular formula is C16H13O6+. The Morgan fingerprint density at radius 1 is 1.09 bits per heavy atom. The van der Waals surface area contributed by atoms with Gasteiger partial charge in [0, 0.05) is 12.1 Å². The van der Waals surface area contributed by atoms with Crippen LogP contribution in [0.5, 0.6) is 28.7 Å². The summed E-state index contributed by atoms with van der Waals surface area (Å²) in [6, 6.07) is 6.89. The van der Waals surface area contributed by atoms with Crippen LogP contribution in [0.25, 0.3) is 0 Å². The van der Waals surface area contributed by atoms with Crippen LogP contribution in [0.2, 0.25) is 0 Å². The van der Waals surface area contributed by atoms with Crippen molar-refractivity contribution in [2.75, 3.05) is 7.11 Å². The molecule has 0 atom stereocenters. The second-order valence-electron chi connectivity index (χ2n) is 4.86. The van der Waals surface area contributed by atoms with E-state index in [1.165, 1.54) is 31.4 Å². The van der Waals surface area contributed by atoms with Crippen molar-refractivity contribution >= 4 is 11.6 Å². The maximum Gasteiger partial charge on any atom is 0.403 e. The molecule has 0 radical (unpaired) electrons. The molecule has 1 aliphatic rings. The lowest BCUT2D eigenvalue weighted by Gasteiger charge is -2.08. The first-order valence-electron chi connectivity index (χ1n) is 6.50. The van der Waals surface area contributed by atoms with E-state index in [1.807, 2.05) is 0 Å². The van der Waals surface area contributed by atoms with Crippen LogP contribution in [0.15, 0.2) is 30.3 Å². The molecule has 1 heterocycles. The average molecular weight is 301 g/mol. The maximum absolute atomic E-state index is 12.2. The number of hydrogen-bond donors (Lipinski definition) is 3. The summed E-state index contributed by atoms with van der Waals surface area (Å²) in [4.78, 5) is 12.2. The van der Waals surface area contributed by atoms with Gasteiger partial charge in [-0.2, -0.15) is 0 Å². The Morgan fingerprint density at radius 2 is 1.86 bits per heavy atom. The van der Waals surface area contributed by atoms with Crippen LogP contribution in [0, 0.1) is 0 Å². The van der Waals surface area contributed by atoms with Crippen molar-refractivity contribution in [1.82, 2.24) is 0 Å². The first kappa shape index (κ1) is 13.9. The van der Waals surface area contributed by atoms with Gasteiger partial charge in [0.1, 0.15) is 17.1 Å². The van der Waals surface area contributed by atoms with Gasteiger partial charge in [0.05, 0.1) is 25.2 Å². The van der Waals surface area contributed by atoms with E-state index in [1.54, 1.807) is 0 Å². The highest BCUT2D eigenvalue weighted by molar-refractivity contribution is 6.45. The lowest BCUT2D eigenvalue weighted by Crippen LogP contribution is -2.21. The predicted octanol–water partition coefficient (Wildman–Crippen LogP) is 2.07. The summed E-state index contributed by atoms with van der Waals surface area (Å²) in [5.41, 5.74) is 0.769. The number of phenols is 3. The number of hydrogen-bond acceptors (Lipinski definition) is 5. The quantitative estimate of drug-likeness (QED) is 0.582. The van der Waals surface area contributed by atoms with Crippen LogP contribution < -0.4 is 4.74 Å². The van der Waals surface area contributed by atoms with E-state index in [-0.39, 0.29) is 46.7 Å². The number of fused-ring (bicyclic) bond motifs is 1. The third-order valence-electron chi connectivity index (χ3n) is 3.41. The van der Waals surface area contributed by atoms with E-state index in [4.69, 9.17) is 9.16 Å². The smallest absolute Gasteiger partial charge is 0.403 e. The molecule has 0 unspecified atom stereocenters. The summed E-state index contributed by atoms with van der Waals surface area (Å²) in [5, 5.41) is 28.9. The van der Waals surface area contributed by atoms with Crippen LogP contribution in [0.3, 0.4) is 0 Å². The zero-order valence-electron chi connectivity index (χ0n) is 11.7. The minimum absolute atomic E-state index is 0.0417. The molecule has 2 aromatic rings. The molecule has 2 aromatic carbocycles. The molecule has 1 aliphatic heterocycles. The van der Waals surface area contributed by atoms with E-state index >= 15 is 0 Å². The van der Waals surface area contributed by atoms with E-state index in [9.17, 15) is 20.1 Å². The molecule has 112 valence electrons. The average Bonchev–Trinajstić information content (AvgIpc) is 2.48. The fourth-order valence-corrected chi connectivity index (χ4v) is 2.33. The molecule has 0 aromatic heterocycles. The molecule has 0 bridgehead atoms. The summed E-state index contributed by atoms with van der Waals surface area (Å²) >= 11 is 0. The summed E-state index contributed by atoms with van der Waals surface area (Å²) < 4.78 is 10.6. The van der Waals surface area contributed by atoms with Crippen molar-refractivity contribution in [2.24, 2.45) is 0 Å². The molecule has 6 nitrogen and oxygen atoms in total. The molecular weight excluding hydrogens is 288 g/mol. The molecule has 0 amide bonds. The second kappa shape index (κ2) is 5.07. The van der Waals surface area contributed by atoms with Gasteiger partial charge < -0.3 is 20.1 Å². The van der Waals surface area contributed by atoms with Crippen LogP contribution in [-0.4, -0.2) is 34.0 Å². The van der Waals surface area contributed by atoms with Crippen LogP contribution in [0.4, 0.5) is 0 Å². The number of ether oxygens (including phenoxy) is 1. The molecule has 0 fully saturated rings. The Morgan fingerprint density at radius 3 is 2.59 bits per heavy atom. The third kappa shape index (κ3) is 2.24. The summed E-state index contributed by atoms with van der Waals surface area (Å²) in [6.07, 6.45) is -0.0417. The number of methoxy groups -OCH3 is 1. The molecule has 3 N–H and O–H groups in total. The Hall–Kier alpha value is -3.02. The molecule has 3 rings (SSSR count). The van der Waals surface area contributed by atoms with Gasteiger partial charge in [0.25, 0.3) is 5.78 Å². The minimum Gasteiger partial charge on any atom is -0.507 e. The summed E-state index contributed by atoms with van der Waals surface area (Å²) in [6.45, 7) is 0. The highest BCUT2D eigenvalue weighted by atomic mass is 16.5. The van der Waals surface area contributed by atoms with Crippen molar-refractivity contribution in [3.63, 3.8) is 0 Å². The standard InChI is InChI=1S/C16H12O6/c1-21-15-4-8(2-3-11(15)18)16-13(20)7-10-12(19)5-9(17)6-14(10)22-16/h2-6H,7H2,1H3,(H2-,17,18,19)/p+1. The van der Waals surface area contributed by atoms with Gasteiger partial charge in [-0.15, -0.1) is 0 Å². The number of rotatable bonds is 2. The zero-order valence-corrected chi connectivity index (χ0v) is 11.7. The second-order valence-corrected chi connectivity index (χ2v) is 4.86. The van der Waals surface area contributed by atoms with Gasteiger partial charge in [0.2, 0.25) is 0 Å². The van der Waals surface area contributed by atoms with Gasteiger partial charge in [-0.1, -0.05) is 0 Å². The van der Waals surface area contributed by atoms with Gasteiger partial charge in [-0.05, 0) is 12.1 Å². The minimum atomic E-state index is -0.318. The van der Waals surface area contributed by atoms with E-state index in [2.05, 4.69) is 0 Å². The van der Waals surface area contributed by atoms with Crippen LogP contribution >= 0.6 is 0 Å². The first-order chi connectivity index (χ1) is 10.5. The third-order valence-corrected chi connectivity index (χ3v) is 3.41. The number of carbonyl (C=O) groups is 1. The first-order valence-corrected chi connectivity index (χ1v) is 6.50. The lowest BCUT2D eigenvalue weighted by molar-refractivity contribution is -0.176. The number of Topliss-reactive ketones (excluding diaryl/α,β-unsaturated/α-hetero) is 1. The number of ketones is 2. The van der Waals surface area contributed by atoms with Crippen LogP contribution in [0.1, 0.15) is 15.6 Å². The Bertz CT molecular complexity index is 807. The van der Waals surface area contributed by atoms with Gasteiger partial charge >= 0.3 is 11.5 Å². The normalized spacial score (nSPS) is 13.5. The fourth-order valence-electron chi connectivity index (χ4n) is 2.33. The molecule has 6 heteroatoms. The van der Waals surface area contributed by atoms with Crippen molar-refractivity contribution in [2.45, 2.75) is 6.42 Å². The molecule has 0 aliphatic carbocycles. The maximum atomic E-state index is 12.2. The number of aromatic hydroxyl groups is 3. The molecule has 0 saturated carbocycles. The van der Waals surface area contributed by atoms with Crippen molar-refractivity contribution in [3.05, 3.63) is 41.5 Å². The van der Waals surface area contributed by atoms with Gasteiger partial charge in [0.15, 0.2) is 11.5 Å². The van der Waals surface area contributed by atoms with Crippen molar-refractivity contribution in [1.29, 1.82) is 0 Å². The van der Waals surface area contributed by atoms with E-state index in [0.29, 0.717) is 11.1 Å². The zero-order chi connectivity index (χ0) is 15.9. The highest BCUT2D eigenvalue weighted by Crippen LogP contribution is 2.38. The summed E-state index contributed by atoms with van der Waals surface area (Å²) in [5.74, 6) is -0.216. The highest BCUT2D eigenvalue weighted by Gasteiger charge is 2.36. The molecule has 0 saturated heterocycles. The lowest BCUT2D eigenvalue weighted by atomic mass is 9.97. The number of phenolic OH excluding ortho intramolecular Hbond substituents is 3. The van der Waals surface area contributed by atoms with Crippen LogP contribution in [-0.2, 0) is 11.2 Å². The van der Waals surface area contributed by atoms with Crippen molar-refractivity contribution < 1.29 is 29.3 Å².